The normalized spacial score (nSPS) is 13.1. The van der Waals surface area contributed by atoms with Crippen molar-refractivity contribution >= 4 is 11.9 Å². The van der Waals surface area contributed by atoms with Crippen LogP contribution < -0.4 is 5.32 Å². The van der Waals surface area contributed by atoms with Gasteiger partial charge in [0, 0.05) is 12.8 Å². The molecule has 0 saturated carbocycles. The summed E-state index contributed by atoms with van der Waals surface area (Å²) in [6.07, 6.45) is 76.7. The molecule has 4 N–H and O–H groups in total. The lowest BCUT2D eigenvalue weighted by Crippen LogP contribution is -2.50. The third-order valence-corrected chi connectivity index (χ3v) is 16.1. The molecule has 3 atom stereocenters. The number of ether oxygens (including phenoxy) is 1. The third-order valence-electron chi connectivity index (χ3n) is 16.1. The highest BCUT2D eigenvalue weighted by Crippen LogP contribution is 2.19. The van der Waals surface area contributed by atoms with E-state index in [1.54, 1.807) is 0 Å². The van der Waals surface area contributed by atoms with Crippen LogP contribution in [0.2, 0.25) is 0 Å². The summed E-state index contributed by atoms with van der Waals surface area (Å²) in [7, 11) is 0. The van der Waals surface area contributed by atoms with Gasteiger partial charge in [-0.3, -0.25) is 9.59 Å². The van der Waals surface area contributed by atoms with Crippen molar-refractivity contribution in [3.63, 3.8) is 0 Å². The minimum atomic E-state index is -1.14. The summed E-state index contributed by atoms with van der Waals surface area (Å²) in [4.78, 5) is 24.6. The number of aliphatic hydroxyl groups is 3. The summed E-state index contributed by atoms with van der Waals surface area (Å²) < 4.78 is 5.48. The smallest absolute Gasteiger partial charge is 0.305 e. The second-order valence-electron chi connectivity index (χ2n) is 23.7. The Hall–Kier alpha value is -1.70. The van der Waals surface area contributed by atoms with Crippen LogP contribution in [0, 0.1) is 0 Å². The molecule has 0 aromatic rings. The zero-order valence-electron chi connectivity index (χ0n) is 51.1. The van der Waals surface area contributed by atoms with Gasteiger partial charge in [-0.25, -0.2) is 0 Å². The topological polar surface area (TPSA) is 116 Å². The maximum absolute atomic E-state index is 12.5. The molecule has 7 heteroatoms. The predicted octanol–water partition coefficient (Wildman–Crippen LogP) is 20.7. The van der Waals surface area contributed by atoms with Crippen LogP contribution in [-0.4, -0.2) is 58.7 Å². The van der Waals surface area contributed by atoms with E-state index in [-0.39, 0.29) is 18.5 Å². The Morgan fingerprint density at radius 3 is 1.07 bits per heavy atom. The number of hydrogen-bond donors (Lipinski definition) is 4. The van der Waals surface area contributed by atoms with Gasteiger partial charge in [0.25, 0.3) is 0 Å². The Morgan fingerprint density at radius 1 is 0.382 bits per heavy atom. The van der Waals surface area contributed by atoms with Gasteiger partial charge in [-0.1, -0.05) is 327 Å². The van der Waals surface area contributed by atoms with Gasteiger partial charge in [-0.15, -0.1) is 0 Å². The van der Waals surface area contributed by atoms with Gasteiger partial charge < -0.3 is 25.4 Å². The van der Waals surface area contributed by atoms with Crippen LogP contribution in [0.4, 0.5) is 0 Å². The van der Waals surface area contributed by atoms with Crippen LogP contribution in [0.25, 0.3) is 0 Å². The Labute approximate surface area is 474 Å². The molecule has 0 bridgehead atoms. The molecule has 0 rings (SSSR count). The fourth-order valence-corrected chi connectivity index (χ4v) is 10.8. The van der Waals surface area contributed by atoms with Crippen LogP contribution in [-0.2, 0) is 14.3 Å². The minimum absolute atomic E-state index is 0.00319. The molecular weight excluding hydrogens is 939 g/mol. The van der Waals surface area contributed by atoms with E-state index in [1.165, 1.54) is 276 Å². The molecule has 0 unspecified atom stereocenters. The first-order valence-electron chi connectivity index (χ1n) is 34.2. The molecule has 0 aliphatic heterocycles. The highest BCUT2D eigenvalue weighted by molar-refractivity contribution is 5.76. The molecule has 0 radical (unpaired) electrons. The Kier molecular flexibility index (Phi) is 62.7. The zero-order chi connectivity index (χ0) is 55.1. The Morgan fingerprint density at radius 2 is 0.684 bits per heavy atom. The highest BCUT2D eigenvalue weighted by atomic mass is 16.5. The number of hydrogen-bond acceptors (Lipinski definition) is 6. The van der Waals surface area contributed by atoms with Crippen LogP contribution in [0.1, 0.15) is 373 Å². The number of aliphatic hydroxyl groups excluding tert-OH is 3. The van der Waals surface area contributed by atoms with E-state index in [9.17, 15) is 24.9 Å². The summed E-state index contributed by atoms with van der Waals surface area (Å²) in [5.74, 6) is -0.140. The molecule has 0 spiro atoms. The summed E-state index contributed by atoms with van der Waals surface area (Å²) in [5, 5.41) is 33.7. The summed E-state index contributed by atoms with van der Waals surface area (Å²) in [6, 6.07) is -0.811. The predicted molar refractivity (Wildman–Crippen MR) is 330 cm³/mol. The van der Waals surface area contributed by atoms with Crippen molar-refractivity contribution < 1.29 is 29.6 Å². The minimum Gasteiger partial charge on any atom is -0.466 e. The molecule has 0 aromatic heterocycles. The van der Waals surface area contributed by atoms with E-state index in [0.29, 0.717) is 25.9 Å². The maximum atomic E-state index is 12.5. The number of allylic oxidation sites excluding steroid dienone is 4. The zero-order valence-corrected chi connectivity index (χ0v) is 51.1. The van der Waals surface area contributed by atoms with Crippen LogP contribution in [0.15, 0.2) is 24.3 Å². The largest absolute Gasteiger partial charge is 0.466 e. The lowest BCUT2D eigenvalue weighted by Gasteiger charge is -2.26. The van der Waals surface area contributed by atoms with Crippen LogP contribution >= 0.6 is 0 Å². The molecule has 0 aromatic carbocycles. The summed E-state index contributed by atoms with van der Waals surface area (Å²) in [5.41, 5.74) is 0. The second kappa shape index (κ2) is 64.1. The molecule has 1 amide bonds. The first-order chi connectivity index (χ1) is 37.5. The average molecular weight is 1070 g/mol. The number of nitrogens with one attached hydrogen (secondary N) is 1. The molecule has 450 valence electrons. The molecule has 0 heterocycles. The van der Waals surface area contributed by atoms with Crippen LogP contribution in [0.3, 0.4) is 0 Å². The number of carbonyl (C=O) groups excluding carboxylic acids is 2. The number of esters is 1. The Bertz CT molecular complexity index is 1210. The van der Waals surface area contributed by atoms with Crippen molar-refractivity contribution in [2.24, 2.45) is 0 Å². The summed E-state index contributed by atoms with van der Waals surface area (Å²) >= 11 is 0. The van der Waals surface area contributed by atoms with Crippen molar-refractivity contribution in [2.45, 2.75) is 392 Å². The fraction of sp³-hybridized carbons (Fsp3) is 0.913. The Balaban J connectivity index is 3.37. The molecule has 0 fully saturated rings. The second-order valence-corrected chi connectivity index (χ2v) is 23.7. The number of amides is 1. The number of carbonyl (C=O) groups is 2. The lowest BCUT2D eigenvalue weighted by atomic mass is 9.99. The van der Waals surface area contributed by atoms with Gasteiger partial charge in [0.15, 0.2) is 0 Å². The van der Waals surface area contributed by atoms with E-state index in [0.717, 1.165) is 64.2 Å². The average Bonchev–Trinajstić information content (AvgIpc) is 3.42. The molecule has 0 aliphatic rings. The van der Waals surface area contributed by atoms with E-state index in [4.69, 9.17) is 4.74 Å². The lowest BCUT2D eigenvalue weighted by molar-refractivity contribution is -0.143. The fourth-order valence-electron chi connectivity index (χ4n) is 10.8. The molecule has 0 saturated heterocycles. The van der Waals surface area contributed by atoms with E-state index in [2.05, 4.69) is 43.5 Å². The van der Waals surface area contributed by atoms with Crippen molar-refractivity contribution in [3.8, 4) is 0 Å². The van der Waals surface area contributed by atoms with E-state index in [1.807, 2.05) is 0 Å². The molecule has 0 aliphatic carbocycles. The van der Waals surface area contributed by atoms with Crippen molar-refractivity contribution in [2.75, 3.05) is 13.2 Å². The number of rotatable bonds is 64. The number of unbranched alkanes of at least 4 members (excludes halogenated alkanes) is 48. The standard InChI is InChI=1S/C69H133NO6/c1-3-5-7-9-11-13-15-17-33-38-42-46-50-54-58-62-68(74)76-63-59-55-51-47-43-39-35-32-30-28-26-24-22-20-18-19-21-23-25-27-29-31-34-37-41-45-49-53-57-61-67(73)70-65(64-71)69(75)66(72)60-56-52-48-44-40-36-16-14-12-10-8-6-4-2/h11,13,17,33,65-66,69,71-72,75H,3-10,12,14-16,18-32,34-64H2,1-2H3,(H,70,73)/b13-11-,33-17-/t65-,66+,69-/m0/s1. The third kappa shape index (κ3) is 58.4. The van der Waals surface area contributed by atoms with Gasteiger partial charge in [0.05, 0.1) is 25.4 Å². The van der Waals surface area contributed by atoms with E-state index >= 15 is 0 Å². The quantitative estimate of drug-likeness (QED) is 0.0274. The first kappa shape index (κ1) is 74.3. The SMILES string of the molecule is CCCCC/C=C\C/C=C\CCCCCCCC(=O)OCCCCCCCCCCCCCCCCCCCCCCCCCCCCCCCC(=O)N[C@@H](CO)[C@H](O)[C@H](O)CCCCCCCCCCCCCCC. The highest BCUT2D eigenvalue weighted by Gasteiger charge is 2.27. The van der Waals surface area contributed by atoms with Gasteiger partial charge in [0.1, 0.15) is 6.10 Å². The first-order valence-corrected chi connectivity index (χ1v) is 34.2. The van der Waals surface area contributed by atoms with Crippen molar-refractivity contribution in [1.82, 2.24) is 5.32 Å². The van der Waals surface area contributed by atoms with Gasteiger partial charge in [-0.2, -0.15) is 0 Å². The molecular formula is C69H133NO6. The monoisotopic (exact) mass is 1070 g/mol. The summed E-state index contributed by atoms with van der Waals surface area (Å²) in [6.45, 7) is 4.76. The maximum Gasteiger partial charge on any atom is 0.305 e. The molecule has 7 nitrogen and oxygen atoms in total. The van der Waals surface area contributed by atoms with E-state index < -0.39 is 18.2 Å². The molecule has 76 heavy (non-hydrogen) atoms. The van der Waals surface area contributed by atoms with Gasteiger partial charge >= 0.3 is 5.97 Å². The van der Waals surface area contributed by atoms with Crippen molar-refractivity contribution in [1.29, 1.82) is 0 Å². The van der Waals surface area contributed by atoms with Gasteiger partial charge in [0.2, 0.25) is 5.91 Å². The van der Waals surface area contributed by atoms with Crippen molar-refractivity contribution in [3.05, 3.63) is 24.3 Å². The van der Waals surface area contributed by atoms with Gasteiger partial charge in [-0.05, 0) is 57.8 Å². The van der Waals surface area contributed by atoms with Crippen LogP contribution in [0.5, 0.6) is 0 Å².